The van der Waals surface area contributed by atoms with Crippen LogP contribution >= 0.6 is 0 Å². The van der Waals surface area contributed by atoms with E-state index in [1.807, 2.05) is 35.2 Å². The predicted octanol–water partition coefficient (Wildman–Crippen LogP) is 4.82. The van der Waals surface area contributed by atoms with E-state index < -0.39 is 6.04 Å². The van der Waals surface area contributed by atoms with Gasteiger partial charge in [-0.25, -0.2) is 4.39 Å². The molecule has 2 aliphatic heterocycles. The quantitative estimate of drug-likeness (QED) is 0.429. The van der Waals surface area contributed by atoms with E-state index in [1.165, 1.54) is 17.7 Å². The molecule has 182 valence electrons. The minimum Gasteiger partial charge on any atom is -0.356 e. The summed E-state index contributed by atoms with van der Waals surface area (Å²) in [5.41, 5.74) is 5.41. The molecule has 1 fully saturated rings. The molecule has 1 aromatic heterocycles. The Labute approximate surface area is 209 Å². The fourth-order valence-corrected chi connectivity index (χ4v) is 5.80. The minimum absolute atomic E-state index is 0.00245. The Balaban J connectivity index is 1.30. The molecule has 36 heavy (non-hydrogen) atoms. The lowest BCUT2D eigenvalue weighted by Crippen LogP contribution is -2.63. The van der Waals surface area contributed by atoms with Crippen LogP contribution in [0.3, 0.4) is 0 Å². The number of rotatable bonds is 6. The third kappa shape index (κ3) is 4.06. The van der Waals surface area contributed by atoms with Gasteiger partial charge in [0.05, 0.1) is 12.6 Å². The molecule has 3 aromatic carbocycles. The Morgan fingerprint density at radius 2 is 1.58 bits per heavy atom. The second kappa shape index (κ2) is 9.26. The zero-order valence-corrected chi connectivity index (χ0v) is 20.0. The molecule has 6 heteroatoms. The summed E-state index contributed by atoms with van der Waals surface area (Å²) < 4.78 is 13.3. The number of hydrogen-bond acceptors (Lipinski definition) is 2. The van der Waals surface area contributed by atoms with Crippen LogP contribution in [0.15, 0.2) is 78.9 Å². The highest BCUT2D eigenvalue weighted by atomic mass is 19.1. The molecule has 0 spiro atoms. The van der Waals surface area contributed by atoms with Gasteiger partial charge in [-0.2, -0.15) is 0 Å². The number of fused-ring (bicyclic) bond motifs is 4. The lowest BCUT2D eigenvalue weighted by molar-refractivity contribution is -0.159. The van der Waals surface area contributed by atoms with Crippen LogP contribution < -0.4 is 0 Å². The molecule has 4 aromatic rings. The van der Waals surface area contributed by atoms with Crippen molar-refractivity contribution in [1.29, 1.82) is 0 Å². The average Bonchev–Trinajstić information content (AvgIpc) is 3.28. The molecule has 5 nitrogen and oxygen atoms in total. The highest BCUT2D eigenvalue weighted by Gasteiger charge is 2.47. The van der Waals surface area contributed by atoms with Gasteiger partial charge in [0.15, 0.2) is 0 Å². The highest BCUT2D eigenvalue weighted by molar-refractivity contribution is 5.97. The molecule has 2 amide bonds. The van der Waals surface area contributed by atoms with Crippen molar-refractivity contribution in [3.8, 4) is 0 Å². The number of benzene rings is 3. The van der Waals surface area contributed by atoms with Crippen LogP contribution in [0.25, 0.3) is 10.9 Å². The van der Waals surface area contributed by atoms with Gasteiger partial charge >= 0.3 is 0 Å². The van der Waals surface area contributed by atoms with E-state index >= 15 is 0 Å². The number of amides is 2. The SMILES string of the molecule is O=C1[C@@H]2Cc3c([nH]c4ccccc34)[C@@H](CCc3ccccc3)N2C(=O)CN1CCc1ccc(F)cc1. The van der Waals surface area contributed by atoms with Crippen molar-refractivity contribution in [1.82, 2.24) is 14.8 Å². The van der Waals surface area contributed by atoms with E-state index in [2.05, 4.69) is 29.2 Å². The van der Waals surface area contributed by atoms with Crippen LogP contribution in [-0.2, 0) is 28.9 Å². The summed E-state index contributed by atoms with van der Waals surface area (Å²) in [6, 6.07) is 24.1. The number of aryl methyl sites for hydroxylation is 1. The Bertz CT molecular complexity index is 1410. The number of aromatic amines is 1. The smallest absolute Gasteiger partial charge is 0.246 e. The van der Waals surface area contributed by atoms with Crippen LogP contribution in [0.4, 0.5) is 4.39 Å². The number of nitrogens with zero attached hydrogens (tertiary/aromatic N) is 2. The fourth-order valence-electron chi connectivity index (χ4n) is 5.80. The number of halogens is 1. The number of hydrogen-bond donors (Lipinski definition) is 1. The highest BCUT2D eigenvalue weighted by Crippen LogP contribution is 2.41. The third-order valence-corrected chi connectivity index (χ3v) is 7.59. The summed E-state index contributed by atoms with van der Waals surface area (Å²) in [6.45, 7) is 0.518. The normalized spacial score (nSPS) is 19.5. The van der Waals surface area contributed by atoms with Crippen molar-refractivity contribution >= 4 is 22.7 Å². The summed E-state index contributed by atoms with van der Waals surface area (Å²) in [5.74, 6) is -0.296. The number of carbonyl (C=O) groups is 2. The Morgan fingerprint density at radius 3 is 2.39 bits per heavy atom. The number of piperazine rings is 1. The number of para-hydroxylation sites is 1. The van der Waals surface area contributed by atoms with Crippen LogP contribution in [0.1, 0.15) is 34.8 Å². The van der Waals surface area contributed by atoms with Crippen molar-refractivity contribution in [2.75, 3.05) is 13.1 Å². The minimum atomic E-state index is -0.507. The maximum Gasteiger partial charge on any atom is 0.246 e. The second-order valence-corrected chi connectivity index (χ2v) is 9.76. The van der Waals surface area contributed by atoms with Gasteiger partial charge in [-0.05, 0) is 54.2 Å². The Hall–Kier alpha value is -3.93. The first kappa shape index (κ1) is 22.5. The Kier molecular flexibility index (Phi) is 5.80. The summed E-state index contributed by atoms with van der Waals surface area (Å²) in [5, 5.41) is 1.13. The van der Waals surface area contributed by atoms with Gasteiger partial charge in [-0.1, -0.05) is 60.7 Å². The molecular formula is C30H28FN3O2. The van der Waals surface area contributed by atoms with E-state index in [0.29, 0.717) is 19.4 Å². The molecule has 1 saturated heterocycles. The first-order valence-electron chi connectivity index (χ1n) is 12.6. The molecule has 0 saturated carbocycles. The van der Waals surface area contributed by atoms with Crippen LogP contribution in [-0.4, -0.2) is 45.7 Å². The summed E-state index contributed by atoms with van der Waals surface area (Å²) in [4.78, 5) is 34.4. The number of H-pyrrole nitrogens is 1. The zero-order valence-electron chi connectivity index (χ0n) is 20.0. The van der Waals surface area contributed by atoms with Gasteiger partial charge in [0.2, 0.25) is 11.8 Å². The molecular weight excluding hydrogens is 453 g/mol. The third-order valence-electron chi connectivity index (χ3n) is 7.59. The number of carbonyl (C=O) groups excluding carboxylic acids is 2. The van der Waals surface area contributed by atoms with Crippen LogP contribution in [0, 0.1) is 5.82 Å². The van der Waals surface area contributed by atoms with Gasteiger partial charge in [-0.15, -0.1) is 0 Å². The lowest BCUT2D eigenvalue weighted by atomic mass is 9.86. The molecule has 3 heterocycles. The van der Waals surface area contributed by atoms with Crippen LogP contribution in [0.5, 0.6) is 0 Å². The van der Waals surface area contributed by atoms with Crippen molar-refractivity contribution in [2.24, 2.45) is 0 Å². The molecule has 0 unspecified atom stereocenters. The average molecular weight is 482 g/mol. The maximum absolute atomic E-state index is 13.7. The van der Waals surface area contributed by atoms with E-state index in [4.69, 9.17) is 0 Å². The van der Waals surface area contributed by atoms with Crippen molar-refractivity contribution < 1.29 is 14.0 Å². The predicted molar refractivity (Wildman–Crippen MR) is 137 cm³/mol. The summed E-state index contributed by atoms with van der Waals surface area (Å²) in [6.07, 6.45) is 2.66. The zero-order chi connectivity index (χ0) is 24.6. The van der Waals surface area contributed by atoms with Gasteiger partial charge in [0.25, 0.3) is 0 Å². The summed E-state index contributed by atoms with van der Waals surface area (Å²) in [7, 11) is 0. The first-order valence-corrected chi connectivity index (χ1v) is 12.6. The van der Waals surface area contributed by atoms with Crippen molar-refractivity contribution in [3.05, 3.63) is 107 Å². The van der Waals surface area contributed by atoms with Crippen molar-refractivity contribution in [2.45, 2.75) is 37.8 Å². The largest absolute Gasteiger partial charge is 0.356 e. The van der Waals surface area contributed by atoms with E-state index in [9.17, 15) is 14.0 Å². The van der Waals surface area contributed by atoms with Gasteiger partial charge in [0, 0.05) is 29.6 Å². The standard InChI is InChI=1S/C30H28FN3O2/c31-22-13-10-21(11-14-22)16-17-33-19-28(35)34-26(15-12-20-6-2-1-3-7-20)29-24(18-27(34)30(33)36)23-8-4-5-9-25(23)32-29/h1-11,13-14,26-27,32H,12,15-19H2/t26-,27+/m1/s1. The van der Waals surface area contributed by atoms with E-state index in [1.54, 1.807) is 17.0 Å². The maximum atomic E-state index is 13.7. The molecule has 0 bridgehead atoms. The van der Waals surface area contributed by atoms with E-state index in [-0.39, 0.29) is 30.2 Å². The topological polar surface area (TPSA) is 56.4 Å². The fraction of sp³-hybridized carbons (Fsp3) is 0.267. The first-order chi connectivity index (χ1) is 17.6. The molecule has 1 N–H and O–H groups in total. The second-order valence-electron chi connectivity index (χ2n) is 9.76. The van der Waals surface area contributed by atoms with Gasteiger partial charge < -0.3 is 14.8 Å². The Morgan fingerprint density at radius 1 is 0.861 bits per heavy atom. The summed E-state index contributed by atoms with van der Waals surface area (Å²) >= 11 is 0. The molecule has 2 atom stereocenters. The van der Waals surface area contributed by atoms with Crippen LogP contribution in [0.2, 0.25) is 0 Å². The molecule has 2 aliphatic rings. The number of nitrogens with one attached hydrogen (secondary N) is 1. The molecule has 0 aliphatic carbocycles. The monoisotopic (exact) mass is 481 g/mol. The van der Waals surface area contributed by atoms with Gasteiger partial charge in [-0.3, -0.25) is 9.59 Å². The molecule has 0 radical (unpaired) electrons. The van der Waals surface area contributed by atoms with Crippen molar-refractivity contribution in [3.63, 3.8) is 0 Å². The van der Waals surface area contributed by atoms with E-state index in [0.717, 1.165) is 40.6 Å². The number of aromatic nitrogens is 1. The van der Waals surface area contributed by atoms with Gasteiger partial charge in [0.1, 0.15) is 11.9 Å². The lowest BCUT2D eigenvalue weighted by Gasteiger charge is -2.47. The molecule has 6 rings (SSSR count).